The summed E-state index contributed by atoms with van der Waals surface area (Å²) >= 11 is 0. The van der Waals surface area contributed by atoms with Crippen molar-refractivity contribution in [3.05, 3.63) is 60.2 Å². The summed E-state index contributed by atoms with van der Waals surface area (Å²) < 4.78 is 0. The Kier molecular flexibility index (Phi) is 3.60. The molecule has 6 nitrogen and oxygen atoms in total. The fourth-order valence-electron chi connectivity index (χ4n) is 1.13. The lowest BCUT2D eigenvalue weighted by Gasteiger charge is -2.01. The number of carbonyl (C=O) groups is 2. The van der Waals surface area contributed by atoms with Crippen molar-refractivity contribution >= 4 is 11.9 Å². The first-order valence-electron chi connectivity index (χ1n) is 5.02. The predicted molar refractivity (Wildman–Crippen MR) is 59.3 cm³/mol. The molecule has 0 aliphatic carbocycles. The molecule has 0 unspecified atom stereocenters. The first kappa shape index (κ1) is 11.7. The van der Waals surface area contributed by atoms with E-state index in [4.69, 9.17) is 0 Å². The van der Waals surface area contributed by atoms with Crippen LogP contribution < -0.4 is 0 Å². The summed E-state index contributed by atoms with van der Waals surface area (Å²) in [5.41, 5.74) is 0.0950. The van der Waals surface area contributed by atoms with E-state index < -0.39 is 11.9 Å². The van der Waals surface area contributed by atoms with Crippen LogP contribution in [0.2, 0.25) is 0 Å². The molecule has 2 heterocycles. The minimum Gasteiger partial charge on any atom is -0.249 e. The lowest BCUT2D eigenvalue weighted by molar-refractivity contribution is -0.188. The van der Waals surface area contributed by atoms with Crippen LogP contribution in [-0.2, 0) is 9.78 Å². The number of aromatic nitrogens is 2. The smallest absolute Gasteiger partial charge is 0.249 e. The standard InChI is InChI=1S/C12H8N2O4/c15-11(9-5-1-3-7-13-9)17-18-12(16)10-6-2-4-8-14-10/h1-8H. The molecule has 0 aliphatic rings. The van der Waals surface area contributed by atoms with Crippen molar-refractivity contribution in [1.29, 1.82) is 0 Å². The Morgan fingerprint density at radius 2 is 1.22 bits per heavy atom. The zero-order valence-corrected chi connectivity index (χ0v) is 9.15. The molecule has 6 heteroatoms. The molecule has 0 saturated carbocycles. The third kappa shape index (κ3) is 2.88. The van der Waals surface area contributed by atoms with E-state index >= 15 is 0 Å². The molecule has 0 N–H and O–H groups in total. The van der Waals surface area contributed by atoms with Crippen LogP contribution in [0.4, 0.5) is 0 Å². The van der Waals surface area contributed by atoms with E-state index in [1.807, 2.05) is 0 Å². The van der Waals surface area contributed by atoms with Crippen LogP contribution >= 0.6 is 0 Å². The van der Waals surface area contributed by atoms with Gasteiger partial charge in [0.15, 0.2) is 11.4 Å². The summed E-state index contributed by atoms with van der Waals surface area (Å²) in [5, 5.41) is 0. The molecule has 2 aromatic rings. The van der Waals surface area contributed by atoms with Gasteiger partial charge < -0.3 is 0 Å². The Labute approximate surface area is 102 Å². The van der Waals surface area contributed by atoms with Crippen LogP contribution in [0.3, 0.4) is 0 Å². The van der Waals surface area contributed by atoms with Gasteiger partial charge in [0, 0.05) is 12.4 Å². The number of hydrogen-bond acceptors (Lipinski definition) is 6. The minimum absolute atomic E-state index is 0.0475. The quantitative estimate of drug-likeness (QED) is 0.587. The summed E-state index contributed by atoms with van der Waals surface area (Å²) in [5.74, 6) is -1.69. The third-order valence-corrected chi connectivity index (χ3v) is 1.94. The van der Waals surface area contributed by atoms with Crippen LogP contribution in [0.25, 0.3) is 0 Å². The molecule has 0 amide bonds. The number of pyridine rings is 2. The van der Waals surface area contributed by atoms with E-state index in [1.54, 1.807) is 24.3 Å². The van der Waals surface area contributed by atoms with E-state index in [-0.39, 0.29) is 11.4 Å². The second-order valence-electron chi connectivity index (χ2n) is 3.17. The molecule has 0 bridgehead atoms. The van der Waals surface area contributed by atoms with E-state index in [2.05, 4.69) is 19.7 Å². The van der Waals surface area contributed by atoms with Crippen molar-refractivity contribution in [3.8, 4) is 0 Å². The highest BCUT2D eigenvalue weighted by Gasteiger charge is 2.15. The molecule has 0 saturated heterocycles. The van der Waals surface area contributed by atoms with Crippen LogP contribution in [0.15, 0.2) is 48.8 Å². The van der Waals surface area contributed by atoms with E-state index in [0.717, 1.165) is 0 Å². The Morgan fingerprint density at radius 3 is 1.56 bits per heavy atom. The van der Waals surface area contributed by atoms with Gasteiger partial charge in [-0.2, -0.15) is 0 Å². The van der Waals surface area contributed by atoms with E-state index in [1.165, 1.54) is 24.5 Å². The average molecular weight is 244 g/mol. The van der Waals surface area contributed by atoms with Crippen LogP contribution in [0.1, 0.15) is 21.0 Å². The molecule has 0 aliphatic heterocycles. The lowest BCUT2D eigenvalue weighted by Crippen LogP contribution is -2.13. The lowest BCUT2D eigenvalue weighted by atomic mass is 10.4. The number of carbonyl (C=O) groups excluding carboxylic acids is 2. The zero-order valence-electron chi connectivity index (χ0n) is 9.15. The number of nitrogens with zero attached hydrogens (tertiary/aromatic N) is 2. The van der Waals surface area contributed by atoms with Crippen molar-refractivity contribution in [2.75, 3.05) is 0 Å². The van der Waals surface area contributed by atoms with Crippen LogP contribution in [-0.4, -0.2) is 21.9 Å². The monoisotopic (exact) mass is 244 g/mol. The average Bonchev–Trinajstić information content (AvgIpc) is 2.46. The molecule has 0 fully saturated rings. The fourth-order valence-corrected chi connectivity index (χ4v) is 1.13. The van der Waals surface area contributed by atoms with Crippen molar-refractivity contribution in [2.45, 2.75) is 0 Å². The molecule has 18 heavy (non-hydrogen) atoms. The predicted octanol–water partition coefficient (Wildman–Crippen LogP) is 1.41. The van der Waals surface area contributed by atoms with Gasteiger partial charge in [-0.3, -0.25) is 0 Å². The highest BCUT2D eigenvalue weighted by Crippen LogP contribution is 2.01. The summed E-state index contributed by atoms with van der Waals surface area (Å²) in [6.07, 6.45) is 2.86. The summed E-state index contributed by atoms with van der Waals surface area (Å²) in [4.78, 5) is 39.0. The van der Waals surface area contributed by atoms with Gasteiger partial charge >= 0.3 is 11.9 Å². The van der Waals surface area contributed by atoms with Gasteiger partial charge in [0.1, 0.15) is 0 Å². The second-order valence-corrected chi connectivity index (χ2v) is 3.17. The van der Waals surface area contributed by atoms with Crippen molar-refractivity contribution in [2.24, 2.45) is 0 Å². The SMILES string of the molecule is O=C(OOC(=O)c1ccccn1)c1ccccn1. The first-order valence-corrected chi connectivity index (χ1v) is 5.02. The van der Waals surface area contributed by atoms with E-state index in [9.17, 15) is 9.59 Å². The highest BCUT2D eigenvalue weighted by atomic mass is 17.2. The van der Waals surface area contributed by atoms with Gasteiger partial charge in [0.25, 0.3) is 0 Å². The molecule has 90 valence electrons. The fraction of sp³-hybridized carbons (Fsp3) is 0. The largest absolute Gasteiger partial charge is 0.404 e. The first-order chi connectivity index (χ1) is 8.77. The van der Waals surface area contributed by atoms with E-state index in [0.29, 0.717) is 0 Å². The summed E-state index contributed by atoms with van der Waals surface area (Å²) in [7, 11) is 0. The molecular weight excluding hydrogens is 236 g/mol. The van der Waals surface area contributed by atoms with Gasteiger partial charge in [-0.1, -0.05) is 12.1 Å². The van der Waals surface area contributed by atoms with Crippen molar-refractivity contribution < 1.29 is 19.4 Å². The van der Waals surface area contributed by atoms with Gasteiger partial charge in [0.2, 0.25) is 0 Å². The maximum absolute atomic E-state index is 11.4. The van der Waals surface area contributed by atoms with Gasteiger partial charge in [0.05, 0.1) is 0 Å². The second kappa shape index (κ2) is 5.53. The Bertz CT molecular complexity index is 491. The number of hydrogen-bond donors (Lipinski definition) is 0. The summed E-state index contributed by atoms with van der Waals surface area (Å²) in [6.45, 7) is 0. The molecule has 0 aromatic carbocycles. The maximum Gasteiger partial charge on any atom is 0.404 e. The normalized spacial score (nSPS) is 9.56. The summed E-state index contributed by atoms with van der Waals surface area (Å²) in [6, 6.07) is 9.41. The van der Waals surface area contributed by atoms with Crippen LogP contribution in [0, 0.1) is 0 Å². The van der Waals surface area contributed by atoms with Crippen molar-refractivity contribution in [1.82, 2.24) is 9.97 Å². The van der Waals surface area contributed by atoms with Gasteiger partial charge in [-0.15, -0.1) is 0 Å². The molecular formula is C12H8N2O4. The highest BCUT2D eigenvalue weighted by molar-refractivity contribution is 5.90. The Morgan fingerprint density at radius 1 is 0.778 bits per heavy atom. The number of rotatable bonds is 2. The van der Waals surface area contributed by atoms with Gasteiger partial charge in [-0.05, 0) is 24.3 Å². The Balaban J connectivity index is 1.93. The topological polar surface area (TPSA) is 78.4 Å². The van der Waals surface area contributed by atoms with Crippen molar-refractivity contribution in [3.63, 3.8) is 0 Å². The molecule has 2 rings (SSSR count). The molecule has 0 radical (unpaired) electrons. The minimum atomic E-state index is -0.847. The molecule has 0 atom stereocenters. The zero-order chi connectivity index (χ0) is 12.8. The third-order valence-electron chi connectivity index (χ3n) is 1.94. The molecule has 0 spiro atoms. The maximum atomic E-state index is 11.4. The van der Waals surface area contributed by atoms with Crippen LogP contribution in [0.5, 0.6) is 0 Å². The Hall–Kier alpha value is -2.76. The molecule has 2 aromatic heterocycles. The van der Waals surface area contributed by atoms with Gasteiger partial charge in [-0.25, -0.2) is 29.3 Å².